The van der Waals surface area contributed by atoms with Gasteiger partial charge in [0, 0.05) is 23.3 Å². The molecule has 0 unspecified atom stereocenters. The average molecular weight is 506 g/mol. The lowest BCUT2D eigenvalue weighted by molar-refractivity contribution is -0.141. The summed E-state index contributed by atoms with van der Waals surface area (Å²) in [5, 5.41) is 12.5. The van der Waals surface area contributed by atoms with Crippen molar-refractivity contribution in [3.8, 4) is 16.9 Å². The number of aromatic nitrogens is 4. The van der Waals surface area contributed by atoms with E-state index in [1.807, 2.05) is 36.4 Å². The van der Waals surface area contributed by atoms with E-state index in [-0.39, 0.29) is 11.3 Å². The van der Waals surface area contributed by atoms with Gasteiger partial charge in [0.25, 0.3) is 5.91 Å². The first-order valence-corrected chi connectivity index (χ1v) is 10.9. The van der Waals surface area contributed by atoms with E-state index in [1.54, 1.807) is 35.1 Å². The molecule has 9 nitrogen and oxygen atoms in total. The van der Waals surface area contributed by atoms with Crippen molar-refractivity contribution in [2.75, 3.05) is 0 Å². The van der Waals surface area contributed by atoms with Gasteiger partial charge in [-0.1, -0.05) is 36.4 Å². The molecule has 5 rings (SSSR count). The summed E-state index contributed by atoms with van der Waals surface area (Å²) < 4.78 is 46.0. The van der Waals surface area contributed by atoms with E-state index in [0.717, 1.165) is 22.6 Å². The predicted molar refractivity (Wildman–Crippen MR) is 128 cm³/mol. The van der Waals surface area contributed by atoms with Crippen LogP contribution in [0.5, 0.6) is 0 Å². The Morgan fingerprint density at radius 3 is 2.57 bits per heavy atom. The molecule has 186 valence electrons. The van der Waals surface area contributed by atoms with Crippen LogP contribution < -0.4 is 11.1 Å². The molecule has 0 radical (unpaired) electrons. The van der Waals surface area contributed by atoms with Gasteiger partial charge < -0.3 is 4.42 Å². The molecule has 3 heterocycles. The van der Waals surface area contributed by atoms with Crippen LogP contribution >= 0.6 is 0 Å². The molecule has 1 N–H and O–H groups in total. The summed E-state index contributed by atoms with van der Waals surface area (Å²) in [7, 11) is 0. The fraction of sp³-hybridized carbons (Fsp3) is 0.0800. The topological polar surface area (TPSA) is 107 Å². The molecule has 0 atom stereocenters. The first-order valence-electron chi connectivity index (χ1n) is 10.9. The third-order valence-corrected chi connectivity index (χ3v) is 5.29. The highest BCUT2D eigenvalue weighted by Crippen LogP contribution is 2.27. The second kappa shape index (κ2) is 9.57. The first kappa shape index (κ1) is 23.7. The molecule has 37 heavy (non-hydrogen) atoms. The molecule has 5 aromatic rings. The molecule has 0 fully saturated rings. The van der Waals surface area contributed by atoms with Crippen LogP contribution in [0.3, 0.4) is 0 Å². The van der Waals surface area contributed by atoms with Gasteiger partial charge in [-0.15, -0.1) is 0 Å². The Bertz CT molecular complexity index is 1670. The normalized spacial score (nSPS) is 11.9. The van der Waals surface area contributed by atoms with Gasteiger partial charge in [0.05, 0.1) is 17.5 Å². The summed E-state index contributed by atoms with van der Waals surface area (Å²) in [5.74, 6) is -0.699. The number of hydrogen-bond donors (Lipinski definition) is 1. The maximum Gasteiger partial charge on any atom is 0.435 e. The third-order valence-electron chi connectivity index (χ3n) is 5.29. The van der Waals surface area contributed by atoms with Crippen molar-refractivity contribution in [2.45, 2.75) is 12.7 Å². The summed E-state index contributed by atoms with van der Waals surface area (Å²) in [6.07, 6.45) is -0.644. The molecule has 1 amide bonds. The first-order chi connectivity index (χ1) is 17.8. The minimum Gasteiger partial charge on any atom is -0.422 e. The molecule has 0 saturated heterocycles. The second-order valence-corrected chi connectivity index (χ2v) is 7.89. The number of fused-ring (bicyclic) bond motifs is 1. The molecule has 0 bridgehead atoms. The van der Waals surface area contributed by atoms with Gasteiger partial charge in [-0.2, -0.15) is 28.5 Å². The van der Waals surface area contributed by atoms with Crippen LogP contribution in [0.1, 0.15) is 11.3 Å². The highest BCUT2D eigenvalue weighted by molar-refractivity contribution is 5.91. The Morgan fingerprint density at radius 1 is 1.05 bits per heavy atom. The van der Waals surface area contributed by atoms with Crippen LogP contribution in [-0.2, 0) is 17.5 Å². The number of carbonyl (C=O) groups is 1. The van der Waals surface area contributed by atoms with Gasteiger partial charge >= 0.3 is 11.8 Å². The van der Waals surface area contributed by atoms with Gasteiger partial charge in [0.1, 0.15) is 17.8 Å². The van der Waals surface area contributed by atoms with E-state index in [2.05, 4.69) is 20.7 Å². The van der Waals surface area contributed by atoms with E-state index in [0.29, 0.717) is 16.5 Å². The van der Waals surface area contributed by atoms with Crippen LogP contribution in [0.2, 0.25) is 0 Å². The molecular weight excluding hydrogens is 489 g/mol. The van der Waals surface area contributed by atoms with Crippen LogP contribution in [0.25, 0.3) is 27.9 Å². The van der Waals surface area contributed by atoms with Gasteiger partial charge in [-0.05, 0) is 30.3 Å². The van der Waals surface area contributed by atoms with Crippen molar-refractivity contribution < 1.29 is 22.4 Å². The number of carbonyl (C=O) groups excluding carboxylic acids is 1. The van der Waals surface area contributed by atoms with E-state index in [1.165, 1.54) is 6.21 Å². The number of nitrogens with one attached hydrogen (secondary N) is 1. The smallest absolute Gasteiger partial charge is 0.422 e. The Balaban J connectivity index is 1.43. The molecular formula is C25H17F3N6O3. The maximum atomic E-state index is 12.8. The van der Waals surface area contributed by atoms with Crippen molar-refractivity contribution in [3.63, 3.8) is 0 Å². The number of rotatable bonds is 6. The van der Waals surface area contributed by atoms with Gasteiger partial charge in [0.15, 0.2) is 5.69 Å². The van der Waals surface area contributed by atoms with Gasteiger partial charge in [0.2, 0.25) is 0 Å². The highest BCUT2D eigenvalue weighted by Gasteiger charge is 2.33. The van der Waals surface area contributed by atoms with Crippen LogP contribution in [0, 0.1) is 0 Å². The van der Waals surface area contributed by atoms with E-state index in [9.17, 15) is 22.8 Å². The summed E-state index contributed by atoms with van der Waals surface area (Å²) in [6.45, 7) is -0.474. The van der Waals surface area contributed by atoms with Crippen LogP contribution in [-0.4, -0.2) is 31.7 Å². The van der Waals surface area contributed by atoms with Crippen LogP contribution in [0.4, 0.5) is 13.2 Å². The summed E-state index contributed by atoms with van der Waals surface area (Å²) in [6, 6.07) is 18.6. The van der Waals surface area contributed by atoms with E-state index in [4.69, 9.17) is 4.42 Å². The fourth-order valence-electron chi connectivity index (χ4n) is 3.59. The Morgan fingerprint density at radius 2 is 1.81 bits per heavy atom. The molecule has 0 aliphatic carbocycles. The minimum absolute atomic E-state index is 0.192. The zero-order chi connectivity index (χ0) is 26.0. The number of amides is 1. The quantitative estimate of drug-likeness (QED) is 0.213. The summed E-state index contributed by atoms with van der Waals surface area (Å²) >= 11 is 0. The van der Waals surface area contributed by atoms with Crippen molar-refractivity contribution in [3.05, 3.63) is 101 Å². The predicted octanol–water partition coefficient (Wildman–Crippen LogP) is 4.01. The molecule has 0 aliphatic heterocycles. The summed E-state index contributed by atoms with van der Waals surface area (Å²) in [4.78, 5) is 25.0. The molecule has 0 saturated carbocycles. The fourth-order valence-corrected chi connectivity index (χ4v) is 3.59. The van der Waals surface area contributed by atoms with Crippen LogP contribution in [0.15, 0.2) is 93.4 Å². The number of nitrogens with zero attached hydrogens (tertiary/aromatic N) is 5. The number of para-hydroxylation sites is 2. The third kappa shape index (κ3) is 5.17. The molecule has 0 spiro atoms. The average Bonchev–Trinajstić information content (AvgIpc) is 3.52. The zero-order valence-electron chi connectivity index (χ0n) is 18.9. The second-order valence-electron chi connectivity index (χ2n) is 7.89. The Labute approximate surface area is 206 Å². The van der Waals surface area contributed by atoms with Crippen molar-refractivity contribution in [1.29, 1.82) is 0 Å². The largest absolute Gasteiger partial charge is 0.435 e. The lowest BCUT2D eigenvalue weighted by Crippen LogP contribution is -2.23. The standard InChI is InChI=1S/C25H17F3N6O3/c26-25(27,28)21-10-11-33(31-21)15-22(35)30-29-13-17-14-34(18-7-2-1-3-8-18)32-23(17)19-12-16-6-4-5-9-20(16)37-24(19)36/h1-14H,15H2,(H,30,35). The van der Waals surface area contributed by atoms with Crippen molar-refractivity contribution >= 4 is 23.1 Å². The lowest BCUT2D eigenvalue weighted by atomic mass is 10.1. The highest BCUT2D eigenvalue weighted by atomic mass is 19.4. The minimum atomic E-state index is -4.61. The maximum absolute atomic E-state index is 12.8. The number of alkyl halides is 3. The Hall–Kier alpha value is -5.00. The van der Waals surface area contributed by atoms with E-state index < -0.39 is 29.9 Å². The lowest BCUT2D eigenvalue weighted by Gasteiger charge is -2.02. The van der Waals surface area contributed by atoms with Crippen molar-refractivity contribution in [1.82, 2.24) is 25.0 Å². The summed E-state index contributed by atoms with van der Waals surface area (Å²) in [5.41, 5.74) is 2.54. The number of halogens is 3. The molecule has 2 aromatic carbocycles. The number of benzene rings is 2. The molecule has 3 aromatic heterocycles. The molecule has 12 heteroatoms. The number of hydrogen-bond acceptors (Lipinski definition) is 6. The van der Waals surface area contributed by atoms with Crippen molar-refractivity contribution in [2.24, 2.45) is 5.10 Å². The van der Waals surface area contributed by atoms with Gasteiger partial charge in [-0.25, -0.2) is 14.9 Å². The Kier molecular flexibility index (Phi) is 6.14. The molecule has 0 aliphatic rings. The monoisotopic (exact) mass is 506 g/mol. The SMILES string of the molecule is O=C(Cn1ccc(C(F)(F)F)n1)NN=Cc1cn(-c2ccccc2)nc1-c1cc2ccccc2oc1=O. The number of hydrazone groups is 1. The van der Waals surface area contributed by atoms with E-state index >= 15 is 0 Å². The zero-order valence-corrected chi connectivity index (χ0v) is 18.9. The van der Waals surface area contributed by atoms with Gasteiger partial charge in [-0.3, -0.25) is 9.48 Å².